The Balaban J connectivity index is 2.11. The van der Waals surface area contributed by atoms with Gasteiger partial charge < -0.3 is 9.73 Å². The fraction of sp³-hybridized carbons (Fsp3) is 0.714. The zero-order valence-electron chi connectivity index (χ0n) is 10.7. The summed E-state index contributed by atoms with van der Waals surface area (Å²) in [6, 6.07) is 2.06. The van der Waals surface area contributed by atoms with Gasteiger partial charge >= 0.3 is 0 Å². The van der Waals surface area contributed by atoms with Crippen LogP contribution in [-0.4, -0.2) is 12.1 Å². The highest BCUT2D eigenvalue weighted by atomic mass is 16.3. The maximum absolute atomic E-state index is 5.59. The fourth-order valence-corrected chi connectivity index (χ4v) is 2.94. The Kier molecular flexibility index (Phi) is 3.38. The molecule has 0 amide bonds. The predicted molar refractivity (Wildman–Crippen MR) is 66.6 cm³/mol. The van der Waals surface area contributed by atoms with Crippen LogP contribution in [0.3, 0.4) is 0 Å². The van der Waals surface area contributed by atoms with Gasteiger partial charge in [-0.1, -0.05) is 13.8 Å². The van der Waals surface area contributed by atoms with Crippen molar-refractivity contribution in [2.24, 2.45) is 5.92 Å². The van der Waals surface area contributed by atoms with Crippen LogP contribution >= 0.6 is 0 Å². The minimum Gasteiger partial charge on any atom is -0.469 e. The molecular formula is C14H23NO. The molecule has 1 fully saturated rings. The zero-order valence-corrected chi connectivity index (χ0v) is 10.7. The molecule has 16 heavy (non-hydrogen) atoms. The molecule has 1 aliphatic rings. The van der Waals surface area contributed by atoms with E-state index in [9.17, 15) is 0 Å². The molecular weight excluding hydrogens is 198 g/mol. The Morgan fingerprint density at radius 3 is 2.81 bits per heavy atom. The van der Waals surface area contributed by atoms with Crippen LogP contribution in [0.4, 0.5) is 0 Å². The highest BCUT2D eigenvalue weighted by molar-refractivity contribution is 5.18. The van der Waals surface area contributed by atoms with Gasteiger partial charge in [-0.15, -0.1) is 0 Å². The Morgan fingerprint density at radius 1 is 1.50 bits per heavy atom. The van der Waals surface area contributed by atoms with E-state index >= 15 is 0 Å². The number of rotatable bonds is 4. The highest BCUT2D eigenvalue weighted by Gasteiger charge is 2.35. The van der Waals surface area contributed by atoms with E-state index < -0.39 is 0 Å². The summed E-state index contributed by atoms with van der Waals surface area (Å²) in [6.07, 6.45) is 6.68. The summed E-state index contributed by atoms with van der Waals surface area (Å²) in [5.41, 5.74) is 1.58. The zero-order chi connectivity index (χ0) is 11.6. The molecule has 0 bridgehead atoms. The first-order chi connectivity index (χ1) is 7.61. The molecule has 0 radical (unpaired) electrons. The predicted octanol–water partition coefficient (Wildman–Crippen LogP) is 3.30. The van der Waals surface area contributed by atoms with Crippen molar-refractivity contribution in [2.75, 3.05) is 6.54 Å². The van der Waals surface area contributed by atoms with Gasteiger partial charge in [0.15, 0.2) is 0 Å². The van der Waals surface area contributed by atoms with Crippen LogP contribution in [0, 0.1) is 12.8 Å². The number of furan rings is 1. The SMILES string of the molecule is Cc1ccoc1CC1(CC(C)C)CCCN1. The monoisotopic (exact) mass is 221 g/mol. The molecule has 2 heterocycles. The van der Waals surface area contributed by atoms with Crippen LogP contribution in [0.5, 0.6) is 0 Å². The largest absolute Gasteiger partial charge is 0.469 e. The lowest BCUT2D eigenvalue weighted by atomic mass is 9.83. The highest BCUT2D eigenvalue weighted by Crippen LogP contribution is 2.31. The number of nitrogens with one attached hydrogen (secondary N) is 1. The Labute approximate surface area is 98.4 Å². The molecule has 2 nitrogen and oxygen atoms in total. The van der Waals surface area contributed by atoms with Crippen molar-refractivity contribution in [3.63, 3.8) is 0 Å². The maximum Gasteiger partial charge on any atom is 0.108 e. The lowest BCUT2D eigenvalue weighted by Gasteiger charge is -2.31. The van der Waals surface area contributed by atoms with Gasteiger partial charge in [-0.3, -0.25) is 0 Å². The first-order valence-corrected chi connectivity index (χ1v) is 6.39. The van der Waals surface area contributed by atoms with Gasteiger partial charge in [0, 0.05) is 12.0 Å². The lowest BCUT2D eigenvalue weighted by molar-refractivity contribution is 0.282. The summed E-state index contributed by atoms with van der Waals surface area (Å²) >= 11 is 0. The molecule has 0 saturated carbocycles. The smallest absolute Gasteiger partial charge is 0.108 e. The van der Waals surface area contributed by atoms with Gasteiger partial charge in [0.25, 0.3) is 0 Å². The molecule has 2 rings (SSSR count). The number of hydrogen-bond donors (Lipinski definition) is 1. The Hall–Kier alpha value is -0.760. The molecule has 1 unspecified atom stereocenters. The van der Waals surface area contributed by atoms with Crippen molar-refractivity contribution in [3.05, 3.63) is 23.7 Å². The van der Waals surface area contributed by atoms with Crippen molar-refractivity contribution >= 4 is 0 Å². The van der Waals surface area contributed by atoms with E-state index in [2.05, 4.69) is 32.2 Å². The van der Waals surface area contributed by atoms with E-state index in [0.717, 1.165) is 24.6 Å². The van der Waals surface area contributed by atoms with Gasteiger partial charge in [0.2, 0.25) is 0 Å². The van der Waals surface area contributed by atoms with Gasteiger partial charge in [-0.05, 0) is 50.3 Å². The average Bonchev–Trinajstić information content (AvgIpc) is 2.77. The second kappa shape index (κ2) is 4.62. The standard InChI is InChI=1S/C14H23NO/c1-11(2)9-14(6-4-7-15-14)10-13-12(3)5-8-16-13/h5,8,11,15H,4,6-7,9-10H2,1-3H3. The second-order valence-electron chi connectivity index (χ2n) is 5.61. The van der Waals surface area contributed by atoms with E-state index in [0.29, 0.717) is 0 Å². The van der Waals surface area contributed by atoms with Gasteiger partial charge in [-0.25, -0.2) is 0 Å². The van der Waals surface area contributed by atoms with Crippen LogP contribution in [0.25, 0.3) is 0 Å². The Bertz CT molecular complexity index is 334. The third-order valence-electron chi connectivity index (χ3n) is 3.60. The lowest BCUT2D eigenvalue weighted by Crippen LogP contribution is -2.43. The Morgan fingerprint density at radius 2 is 2.31 bits per heavy atom. The molecule has 1 atom stereocenters. The van der Waals surface area contributed by atoms with Crippen LogP contribution in [0.15, 0.2) is 16.7 Å². The first-order valence-electron chi connectivity index (χ1n) is 6.39. The van der Waals surface area contributed by atoms with Crippen LogP contribution in [0.2, 0.25) is 0 Å². The summed E-state index contributed by atoms with van der Waals surface area (Å²) in [7, 11) is 0. The molecule has 0 aliphatic carbocycles. The van der Waals surface area contributed by atoms with Crippen molar-refractivity contribution in [2.45, 2.75) is 52.0 Å². The van der Waals surface area contributed by atoms with E-state index in [4.69, 9.17) is 4.42 Å². The molecule has 1 N–H and O–H groups in total. The molecule has 1 aromatic heterocycles. The van der Waals surface area contributed by atoms with Crippen LogP contribution in [0.1, 0.15) is 44.4 Å². The van der Waals surface area contributed by atoms with E-state index in [1.165, 1.54) is 24.8 Å². The molecule has 1 aliphatic heterocycles. The van der Waals surface area contributed by atoms with E-state index in [1.807, 2.05) is 6.26 Å². The molecule has 1 saturated heterocycles. The summed E-state index contributed by atoms with van der Waals surface area (Å²) in [6.45, 7) is 7.90. The summed E-state index contributed by atoms with van der Waals surface area (Å²) in [5, 5.41) is 3.71. The molecule has 1 aromatic rings. The van der Waals surface area contributed by atoms with Crippen LogP contribution < -0.4 is 5.32 Å². The summed E-state index contributed by atoms with van der Waals surface area (Å²) in [4.78, 5) is 0. The molecule has 2 heteroatoms. The summed E-state index contributed by atoms with van der Waals surface area (Å²) < 4.78 is 5.59. The topological polar surface area (TPSA) is 25.2 Å². The maximum atomic E-state index is 5.59. The number of hydrogen-bond acceptors (Lipinski definition) is 2. The van der Waals surface area contributed by atoms with Crippen molar-refractivity contribution in [1.29, 1.82) is 0 Å². The van der Waals surface area contributed by atoms with Crippen molar-refractivity contribution in [3.8, 4) is 0 Å². The average molecular weight is 221 g/mol. The van der Waals surface area contributed by atoms with Gasteiger partial charge in [-0.2, -0.15) is 0 Å². The van der Waals surface area contributed by atoms with Crippen LogP contribution in [-0.2, 0) is 6.42 Å². The molecule has 0 aromatic carbocycles. The van der Waals surface area contributed by atoms with Crippen molar-refractivity contribution in [1.82, 2.24) is 5.32 Å². The molecule has 90 valence electrons. The van der Waals surface area contributed by atoms with E-state index in [-0.39, 0.29) is 5.54 Å². The normalized spacial score (nSPS) is 25.5. The minimum absolute atomic E-state index is 0.288. The molecule has 0 spiro atoms. The quantitative estimate of drug-likeness (QED) is 0.844. The van der Waals surface area contributed by atoms with E-state index in [1.54, 1.807) is 0 Å². The third kappa shape index (κ3) is 2.49. The summed E-state index contributed by atoms with van der Waals surface area (Å²) in [5.74, 6) is 1.90. The van der Waals surface area contributed by atoms with Crippen molar-refractivity contribution < 1.29 is 4.42 Å². The number of aryl methyl sites for hydroxylation is 1. The van der Waals surface area contributed by atoms with Gasteiger partial charge in [0.05, 0.1) is 6.26 Å². The third-order valence-corrected chi connectivity index (χ3v) is 3.60. The first kappa shape index (κ1) is 11.7. The second-order valence-corrected chi connectivity index (χ2v) is 5.61. The minimum atomic E-state index is 0.288. The van der Waals surface area contributed by atoms with Gasteiger partial charge in [0.1, 0.15) is 5.76 Å². The fourth-order valence-electron chi connectivity index (χ4n) is 2.94.